The maximum Gasteiger partial charge on any atom is 0.186 e. The van der Waals surface area contributed by atoms with Gasteiger partial charge in [-0.2, -0.15) is 0 Å². The fourth-order valence-electron chi connectivity index (χ4n) is 11.6. The van der Waals surface area contributed by atoms with E-state index < -0.39 is 70.4 Å². The summed E-state index contributed by atoms with van der Waals surface area (Å²) in [5.74, 6) is -1.03. The van der Waals surface area contributed by atoms with Gasteiger partial charge in [0.05, 0.1) is 24.4 Å². The van der Waals surface area contributed by atoms with Crippen LogP contribution >= 0.6 is 0 Å². The highest BCUT2D eigenvalue weighted by atomic mass is 16.7. The third-order valence-electron chi connectivity index (χ3n) is 14.1. The quantitative estimate of drug-likeness (QED) is 0.228. The summed E-state index contributed by atoms with van der Waals surface area (Å²) in [7, 11) is 0. The first-order chi connectivity index (χ1) is 20.7. The van der Waals surface area contributed by atoms with Gasteiger partial charge in [-0.25, -0.2) is 0 Å². The van der Waals surface area contributed by atoms with E-state index in [0.29, 0.717) is 19.3 Å². The first-order valence-electron chi connectivity index (χ1n) is 16.9. The Morgan fingerprint density at radius 2 is 1.80 bits per heavy atom. The Bertz CT molecular complexity index is 1270. The van der Waals surface area contributed by atoms with Crippen molar-refractivity contribution in [3.63, 3.8) is 0 Å². The molecule has 5 aliphatic carbocycles. The molecule has 10 heteroatoms. The van der Waals surface area contributed by atoms with E-state index in [9.17, 15) is 40.2 Å². The van der Waals surface area contributed by atoms with Gasteiger partial charge in [-0.15, -0.1) is 0 Å². The molecule has 0 aromatic carbocycles. The Kier molecular flexibility index (Phi) is 7.76. The minimum absolute atomic E-state index is 0.0233. The number of aliphatic hydroxyl groups is 6. The maximum atomic E-state index is 13.9. The van der Waals surface area contributed by atoms with Crippen LogP contribution in [0.25, 0.3) is 0 Å². The van der Waals surface area contributed by atoms with E-state index in [4.69, 9.17) is 9.47 Å². The van der Waals surface area contributed by atoms with Crippen LogP contribution in [0, 0.1) is 44.8 Å². The van der Waals surface area contributed by atoms with E-state index in [-0.39, 0.29) is 47.6 Å². The molecule has 1 saturated heterocycles. The van der Waals surface area contributed by atoms with Crippen LogP contribution in [0.4, 0.5) is 0 Å². The first-order valence-corrected chi connectivity index (χ1v) is 16.9. The highest BCUT2D eigenvalue weighted by molar-refractivity contribution is 5.89. The molecule has 1 aliphatic heterocycles. The van der Waals surface area contributed by atoms with Gasteiger partial charge in [-0.05, 0) is 74.0 Å². The molecule has 0 aromatic heterocycles. The molecule has 10 nitrogen and oxygen atoms in total. The Morgan fingerprint density at radius 3 is 2.44 bits per heavy atom. The normalized spacial score (nSPS) is 50.0. The number of hydrogen-bond acceptors (Lipinski definition) is 10. The third kappa shape index (κ3) is 4.42. The van der Waals surface area contributed by atoms with E-state index in [1.807, 2.05) is 6.92 Å². The minimum Gasteiger partial charge on any atom is -0.392 e. The SMILES string of the molecule is C[C@H](CC(=O)[C@H](O)C(C)(C)O)[C@H]1C(=O)C[C@@]2(C)C3=CCC4C(C)(C)[C@@H](O[C@@H]5OC[C@@H](O)[C@H](O)[C@H]5O)CC[C@@]45C[C@@]35[C@@H](O)C[C@]12C. The predicted molar refractivity (Wildman–Crippen MR) is 162 cm³/mol. The lowest BCUT2D eigenvalue weighted by atomic mass is 9.44. The van der Waals surface area contributed by atoms with E-state index >= 15 is 0 Å². The molecule has 0 aromatic rings. The maximum absolute atomic E-state index is 13.9. The molecule has 254 valence electrons. The number of aliphatic hydroxyl groups excluding tert-OH is 5. The van der Waals surface area contributed by atoms with Crippen molar-refractivity contribution in [2.24, 2.45) is 44.8 Å². The summed E-state index contributed by atoms with van der Waals surface area (Å²) < 4.78 is 11.9. The average Bonchev–Trinajstić information content (AvgIpc) is 3.57. The van der Waals surface area contributed by atoms with Gasteiger partial charge in [0.2, 0.25) is 0 Å². The van der Waals surface area contributed by atoms with Crippen molar-refractivity contribution in [3.05, 3.63) is 11.6 Å². The molecule has 2 spiro atoms. The Hall–Kier alpha value is -1.24. The van der Waals surface area contributed by atoms with Crippen LogP contribution in [0.1, 0.15) is 93.4 Å². The van der Waals surface area contributed by atoms with Crippen molar-refractivity contribution in [2.45, 2.75) is 142 Å². The fraction of sp³-hybridized carbons (Fsp3) is 0.886. The lowest BCUT2D eigenvalue weighted by molar-refractivity contribution is -0.301. The molecule has 0 amide bonds. The Labute approximate surface area is 266 Å². The summed E-state index contributed by atoms with van der Waals surface area (Å²) in [4.78, 5) is 26.9. The van der Waals surface area contributed by atoms with Gasteiger partial charge < -0.3 is 40.1 Å². The van der Waals surface area contributed by atoms with Crippen LogP contribution in [0.3, 0.4) is 0 Å². The van der Waals surface area contributed by atoms with Gasteiger partial charge in [0, 0.05) is 29.6 Å². The number of carbonyl (C=O) groups excluding carboxylic acids is 2. The summed E-state index contributed by atoms with van der Waals surface area (Å²) in [6.07, 6.45) is -1.18. The molecular formula is C35H54O10. The van der Waals surface area contributed by atoms with Gasteiger partial charge >= 0.3 is 0 Å². The van der Waals surface area contributed by atoms with Gasteiger partial charge in [0.25, 0.3) is 0 Å². The van der Waals surface area contributed by atoms with Crippen molar-refractivity contribution < 1.29 is 49.7 Å². The Morgan fingerprint density at radius 1 is 1.13 bits per heavy atom. The molecular weight excluding hydrogens is 580 g/mol. The number of ketones is 2. The van der Waals surface area contributed by atoms with E-state index in [1.54, 1.807) is 0 Å². The number of ether oxygens (including phenoxy) is 2. The molecule has 0 bridgehead atoms. The monoisotopic (exact) mass is 634 g/mol. The van der Waals surface area contributed by atoms with Crippen LogP contribution in [-0.2, 0) is 19.1 Å². The molecule has 1 heterocycles. The van der Waals surface area contributed by atoms with Crippen molar-refractivity contribution in [2.75, 3.05) is 6.61 Å². The van der Waals surface area contributed by atoms with E-state index in [0.717, 1.165) is 19.3 Å². The predicted octanol–water partition coefficient (Wildman–Crippen LogP) is 2.05. The first kappa shape index (κ1) is 33.7. The van der Waals surface area contributed by atoms with Crippen LogP contribution in [0.15, 0.2) is 11.6 Å². The number of carbonyl (C=O) groups is 2. The van der Waals surface area contributed by atoms with Crippen LogP contribution in [-0.4, -0.2) is 97.3 Å². The molecule has 6 N–H and O–H groups in total. The van der Waals surface area contributed by atoms with Crippen LogP contribution in [0.5, 0.6) is 0 Å². The third-order valence-corrected chi connectivity index (χ3v) is 14.1. The van der Waals surface area contributed by atoms with Gasteiger partial charge in [-0.3, -0.25) is 9.59 Å². The summed E-state index contributed by atoms with van der Waals surface area (Å²) in [5, 5.41) is 63.4. The zero-order valence-electron chi connectivity index (χ0n) is 27.8. The van der Waals surface area contributed by atoms with Crippen molar-refractivity contribution in [1.29, 1.82) is 0 Å². The summed E-state index contributed by atoms with van der Waals surface area (Å²) in [6, 6.07) is 0. The van der Waals surface area contributed by atoms with E-state index in [2.05, 4.69) is 33.8 Å². The van der Waals surface area contributed by atoms with Gasteiger partial charge in [-0.1, -0.05) is 46.3 Å². The molecule has 0 radical (unpaired) electrons. The number of fused-ring (bicyclic) bond motifs is 2. The zero-order chi connectivity index (χ0) is 33.3. The van der Waals surface area contributed by atoms with E-state index in [1.165, 1.54) is 19.4 Å². The second-order valence-electron chi connectivity index (χ2n) is 17.2. The minimum atomic E-state index is -1.57. The highest BCUT2D eigenvalue weighted by Crippen LogP contribution is 2.87. The lowest BCUT2D eigenvalue weighted by Gasteiger charge is -2.61. The molecule has 4 saturated carbocycles. The highest BCUT2D eigenvalue weighted by Gasteiger charge is 2.84. The molecule has 5 fully saturated rings. The molecule has 6 aliphatic rings. The second kappa shape index (κ2) is 10.4. The smallest absolute Gasteiger partial charge is 0.186 e. The molecule has 45 heavy (non-hydrogen) atoms. The largest absolute Gasteiger partial charge is 0.392 e. The van der Waals surface area contributed by atoms with Crippen molar-refractivity contribution >= 4 is 11.6 Å². The van der Waals surface area contributed by atoms with Gasteiger partial charge in [0.15, 0.2) is 12.1 Å². The standard InChI is InChI=1S/C35H54O10/c1-17(12-18(36)28(42)31(4,5)43)25-19(37)13-32(6)22-9-8-21-30(2,3)24(45-29-27(41)26(40)20(38)15-44-29)10-11-34(21)16-35(22,34)23(39)14-33(25,32)7/h9,17,20-21,23-29,38-43H,8,10-16H2,1-7H3/t17-,20-,21?,23+,24+,25+,26+,27-,28+,29+,32+,33-,34-,35+/m1/s1. The number of hydrogen-bond donors (Lipinski definition) is 6. The van der Waals surface area contributed by atoms with Crippen LogP contribution < -0.4 is 0 Å². The summed E-state index contributed by atoms with van der Waals surface area (Å²) in [5.41, 5.74) is -2.37. The molecule has 6 rings (SSSR count). The Balaban J connectivity index is 1.27. The molecule has 14 atom stereocenters. The summed E-state index contributed by atoms with van der Waals surface area (Å²) in [6.45, 7) is 13.2. The topological polar surface area (TPSA) is 174 Å². The second-order valence-corrected chi connectivity index (χ2v) is 17.2. The average molecular weight is 635 g/mol. The fourth-order valence-corrected chi connectivity index (χ4v) is 11.6. The number of rotatable bonds is 7. The number of Topliss-reactive ketones (excluding diaryl/α,β-unsaturated/α-hetero) is 2. The molecule has 1 unspecified atom stereocenters. The zero-order valence-corrected chi connectivity index (χ0v) is 27.8. The van der Waals surface area contributed by atoms with Crippen LogP contribution in [0.2, 0.25) is 0 Å². The summed E-state index contributed by atoms with van der Waals surface area (Å²) >= 11 is 0. The van der Waals surface area contributed by atoms with Crippen molar-refractivity contribution in [1.82, 2.24) is 0 Å². The van der Waals surface area contributed by atoms with Crippen molar-refractivity contribution in [3.8, 4) is 0 Å². The number of allylic oxidation sites excluding steroid dienone is 1. The lowest BCUT2D eigenvalue weighted by Crippen LogP contribution is -2.59. The van der Waals surface area contributed by atoms with Gasteiger partial charge in [0.1, 0.15) is 30.2 Å².